The van der Waals surface area contributed by atoms with Gasteiger partial charge in [0.1, 0.15) is 5.60 Å². The molecule has 23 heavy (non-hydrogen) atoms. The van der Waals surface area contributed by atoms with Gasteiger partial charge in [-0.2, -0.15) is 0 Å². The summed E-state index contributed by atoms with van der Waals surface area (Å²) in [7, 11) is -0.748. The Balaban J connectivity index is 2.47. The minimum atomic E-state index is -0.748. The van der Waals surface area contributed by atoms with Gasteiger partial charge >= 0.3 is 6.09 Å². The van der Waals surface area contributed by atoms with Crippen LogP contribution >= 0.6 is 0 Å². The molecule has 1 fully saturated rings. The molecule has 0 aromatic heterocycles. The van der Waals surface area contributed by atoms with Crippen LogP contribution in [0, 0.1) is 0 Å². The number of nitrogens with one attached hydrogen (secondary N) is 1. The first-order chi connectivity index (χ1) is 10.7. The largest absolute Gasteiger partial charge is 0.444 e. The molecule has 0 bridgehead atoms. The molecule has 3 atom stereocenters. The van der Waals surface area contributed by atoms with E-state index in [1.807, 2.05) is 27.7 Å². The van der Waals surface area contributed by atoms with Crippen LogP contribution in [0.1, 0.15) is 41.0 Å². The van der Waals surface area contributed by atoms with E-state index < -0.39 is 16.4 Å². The van der Waals surface area contributed by atoms with Gasteiger partial charge in [0.05, 0.1) is 19.3 Å². The second kappa shape index (κ2) is 9.59. The Hall–Kier alpha value is -0.660. The van der Waals surface area contributed by atoms with Crippen molar-refractivity contribution >= 4 is 16.9 Å². The summed E-state index contributed by atoms with van der Waals surface area (Å²) in [5.74, 6) is 1.36. The number of amides is 1. The van der Waals surface area contributed by atoms with Crippen molar-refractivity contribution in [1.82, 2.24) is 10.2 Å². The van der Waals surface area contributed by atoms with Crippen LogP contribution < -0.4 is 5.32 Å². The van der Waals surface area contributed by atoms with Crippen molar-refractivity contribution in [3.05, 3.63) is 0 Å². The molecule has 1 aliphatic heterocycles. The van der Waals surface area contributed by atoms with Crippen LogP contribution in [-0.4, -0.2) is 70.7 Å². The Kier molecular flexibility index (Phi) is 8.50. The van der Waals surface area contributed by atoms with Gasteiger partial charge < -0.3 is 19.7 Å². The molecule has 0 aromatic rings. The SMILES string of the molecule is CCS(=O)CCNC(C)CC1COCCN1C(=O)OC(C)(C)C. The number of carbonyl (C=O) groups excluding carboxylic acids is 1. The van der Waals surface area contributed by atoms with E-state index in [2.05, 4.69) is 12.2 Å². The van der Waals surface area contributed by atoms with E-state index in [9.17, 15) is 9.00 Å². The number of hydrogen-bond donors (Lipinski definition) is 1. The van der Waals surface area contributed by atoms with Crippen LogP contribution in [0.15, 0.2) is 0 Å². The molecular formula is C16H32N2O4S. The Morgan fingerprint density at radius 3 is 2.78 bits per heavy atom. The lowest BCUT2D eigenvalue weighted by molar-refractivity contribution is -0.0355. The molecular weight excluding hydrogens is 316 g/mol. The van der Waals surface area contributed by atoms with Crippen LogP contribution in [-0.2, 0) is 20.3 Å². The van der Waals surface area contributed by atoms with Crippen LogP contribution in [0.4, 0.5) is 4.79 Å². The van der Waals surface area contributed by atoms with Crippen molar-refractivity contribution in [1.29, 1.82) is 0 Å². The van der Waals surface area contributed by atoms with Gasteiger partial charge in [-0.3, -0.25) is 4.21 Å². The van der Waals surface area contributed by atoms with Crippen molar-refractivity contribution in [2.75, 3.05) is 37.8 Å². The molecule has 1 amide bonds. The van der Waals surface area contributed by atoms with E-state index >= 15 is 0 Å². The number of hydrogen-bond acceptors (Lipinski definition) is 5. The second-order valence-electron chi connectivity index (χ2n) is 6.93. The predicted molar refractivity (Wildman–Crippen MR) is 93.2 cm³/mol. The molecule has 7 heteroatoms. The quantitative estimate of drug-likeness (QED) is 0.759. The van der Waals surface area contributed by atoms with Crippen molar-refractivity contribution in [2.24, 2.45) is 0 Å². The first kappa shape index (κ1) is 20.4. The van der Waals surface area contributed by atoms with Gasteiger partial charge in [-0.25, -0.2) is 4.79 Å². The Morgan fingerprint density at radius 1 is 1.48 bits per heavy atom. The third-order valence-corrected chi connectivity index (χ3v) is 4.93. The smallest absolute Gasteiger partial charge is 0.410 e. The van der Waals surface area contributed by atoms with Gasteiger partial charge in [-0.05, 0) is 34.1 Å². The van der Waals surface area contributed by atoms with E-state index in [4.69, 9.17) is 9.47 Å². The maximum absolute atomic E-state index is 12.3. The van der Waals surface area contributed by atoms with Gasteiger partial charge in [0.25, 0.3) is 0 Å². The average molecular weight is 349 g/mol. The fourth-order valence-corrected chi connectivity index (χ4v) is 3.10. The summed E-state index contributed by atoms with van der Waals surface area (Å²) in [5, 5.41) is 3.38. The van der Waals surface area contributed by atoms with Crippen molar-refractivity contribution in [3.8, 4) is 0 Å². The van der Waals surface area contributed by atoms with E-state index in [1.54, 1.807) is 4.90 Å². The Labute approximate surface area is 142 Å². The highest BCUT2D eigenvalue weighted by molar-refractivity contribution is 7.84. The van der Waals surface area contributed by atoms with Crippen molar-refractivity contribution < 1.29 is 18.5 Å². The Bertz CT molecular complexity index is 398. The van der Waals surface area contributed by atoms with Crippen molar-refractivity contribution in [3.63, 3.8) is 0 Å². The number of nitrogens with zero attached hydrogens (tertiary/aromatic N) is 1. The van der Waals surface area contributed by atoms with Gasteiger partial charge in [0.15, 0.2) is 0 Å². The zero-order chi connectivity index (χ0) is 17.5. The summed E-state index contributed by atoms with van der Waals surface area (Å²) in [4.78, 5) is 14.1. The predicted octanol–water partition coefficient (Wildman–Crippen LogP) is 1.76. The summed E-state index contributed by atoms with van der Waals surface area (Å²) < 4.78 is 22.5. The second-order valence-corrected chi connectivity index (χ2v) is 8.79. The van der Waals surface area contributed by atoms with E-state index in [1.165, 1.54) is 0 Å². The van der Waals surface area contributed by atoms with Gasteiger partial charge in [0, 0.05) is 41.4 Å². The average Bonchev–Trinajstić information content (AvgIpc) is 2.45. The zero-order valence-corrected chi connectivity index (χ0v) is 15.9. The first-order valence-corrected chi connectivity index (χ1v) is 9.87. The van der Waals surface area contributed by atoms with E-state index in [0.717, 1.165) is 13.0 Å². The van der Waals surface area contributed by atoms with Crippen LogP contribution in [0.3, 0.4) is 0 Å². The van der Waals surface area contributed by atoms with Crippen LogP contribution in [0.25, 0.3) is 0 Å². The molecule has 1 rings (SSSR count). The minimum Gasteiger partial charge on any atom is -0.444 e. The molecule has 0 aliphatic carbocycles. The molecule has 0 saturated carbocycles. The fraction of sp³-hybridized carbons (Fsp3) is 0.938. The highest BCUT2D eigenvalue weighted by atomic mass is 32.2. The monoisotopic (exact) mass is 348 g/mol. The summed E-state index contributed by atoms with van der Waals surface area (Å²) in [5.41, 5.74) is -0.492. The number of ether oxygens (including phenoxy) is 2. The topological polar surface area (TPSA) is 67.9 Å². The van der Waals surface area contributed by atoms with E-state index in [-0.39, 0.29) is 18.2 Å². The van der Waals surface area contributed by atoms with E-state index in [0.29, 0.717) is 31.3 Å². The summed E-state index contributed by atoms with van der Waals surface area (Å²) >= 11 is 0. The Morgan fingerprint density at radius 2 is 2.17 bits per heavy atom. The van der Waals surface area contributed by atoms with Crippen LogP contribution in [0.2, 0.25) is 0 Å². The molecule has 0 radical (unpaired) electrons. The molecule has 1 aliphatic rings. The summed E-state index contributed by atoms with van der Waals surface area (Å²) in [6, 6.07) is 0.235. The van der Waals surface area contributed by atoms with Crippen LogP contribution in [0.5, 0.6) is 0 Å². The fourth-order valence-electron chi connectivity index (χ4n) is 2.47. The molecule has 1 N–H and O–H groups in total. The normalized spacial score (nSPS) is 21.8. The van der Waals surface area contributed by atoms with Gasteiger partial charge in [-0.1, -0.05) is 6.92 Å². The standard InChI is InChI=1S/C16H32N2O4S/c1-6-23(20)10-7-17-13(2)11-14-12-21-9-8-18(14)15(19)22-16(3,4)5/h13-14,17H,6-12H2,1-5H3. The highest BCUT2D eigenvalue weighted by Crippen LogP contribution is 2.17. The van der Waals surface area contributed by atoms with Gasteiger partial charge in [0.2, 0.25) is 0 Å². The third-order valence-electron chi connectivity index (χ3n) is 3.63. The lowest BCUT2D eigenvalue weighted by Crippen LogP contribution is -2.52. The molecule has 0 aromatic carbocycles. The molecule has 1 heterocycles. The molecule has 6 nitrogen and oxygen atoms in total. The highest BCUT2D eigenvalue weighted by Gasteiger charge is 2.31. The van der Waals surface area contributed by atoms with Crippen molar-refractivity contribution in [2.45, 2.75) is 58.7 Å². The zero-order valence-electron chi connectivity index (χ0n) is 15.1. The lowest BCUT2D eigenvalue weighted by atomic mass is 10.1. The number of carbonyl (C=O) groups is 1. The molecule has 0 spiro atoms. The summed E-state index contributed by atoms with van der Waals surface area (Å²) in [6.07, 6.45) is 0.517. The number of rotatable bonds is 7. The van der Waals surface area contributed by atoms with Gasteiger partial charge in [-0.15, -0.1) is 0 Å². The minimum absolute atomic E-state index is 0.0118. The maximum atomic E-state index is 12.3. The number of morpholine rings is 1. The molecule has 1 saturated heterocycles. The lowest BCUT2D eigenvalue weighted by Gasteiger charge is -2.37. The summed E-state index contributed by atoms with van der Waals surface area (Å²) in [6.45, 7) is 12.0. The molecule has 136 valence electrons. The first-order valence-electron chi connectivity index (χ1n) is 8.38. The molecule has 3 unspecified atom stereocenters. The maximum Gasteiger partial charge on any atom is 0.410 e. The third kappa shape index (κ3) is 8.13.